The van der Waals surface area contributed by atoms with E-state index in [4.69, 9.17) is 50.0 Å². The lowest BCUT2D eigenvalue weighted by Gasteiger charge is -2.12. The molecule has 0 aliphatic carbocycles. The van der Waals surface area contributed by atoms with E-state index in [1.54, 1.807) is 0 Å². The Labute approximate surface area is 164 Å². The van der Waals surface area contributed by atoms with Crippen LogP contribution >= 0.6 is 34.8 Å². The lowest BCUT2D eigenvalue weighted by atomic mass is 10.1. The molecule has 0 radical (unpaired) electrons. The maximum Gasteiger partial charge on any atom is 0.208 e. The highest BCUT2D eigenvalue weighted by Crippen LogP contribution is 2.36. The summed E-state index contributed by atoms with van der Waals surface area (Å²) in [5, 5.41) is 0.288. The van der Waals surface area contributed by atoms with Crippen LogP contribution in [-0.4, -0.2) is 31.1 Å². The first-order chi connectivity index (χ1) is 12.3. The monoisotopic (exact) mass is 418 g/mol. The molecule has 0 unspecified atom stereocenters. The van der Waals surface area contributed by atoms with E-state index < -0.39 is 11.6 Å². The zero-order valence-corrected chi connectivity index (χ0v) is 15.9. The van der Waals surface area contributed by atoms with Crippen molar-refractivity contribution in [3.05, 3.63) is 51.4 Å². The molecular formula is C17H14Cl3FN2O3. The number of rotatable bonds is 7. The molecule has 138 valence electrons. The van der Waals surface area contributed by atoms with E-state index in [9.17, 15) is 9.18 Å². The molecule has 1 heterocycles. The van der Waals surface area contributed by atoms with Gasteiger partial charge in [0.25, 0.3) is 0 Å². The first-order valence-electron chi connectivity index (χ1n) is 7.18. The number of nitrogens with zero attached hydrogens (tertiary/aromatic N) is 1. The van der Waals surface area contributed by atoms with Crippen LogP contribution in [0.3, 0.4) is 0 Å². The van der Waals surface area contributed by atoms with Crippen LogP contribution in [0.15, 0.2) is 29.8 Å². The number of carbonyl (C=O) groups is 1. The van der Waals surface area contributed by atoms with Gasteiger partial charge < -0.3 is 15.2 Å². The average Bonchev–Trinajstić information content (AvgIpc) is 2.57. The number of nitrogens with two attached hydrogens (primary N) is 1. The molecule has 9 heteroatoms. The van der Waals surface area contributed by atoms with Crippen LogP contribution in [0.4, 0.5) is 10.1 Å². The van der Waals surface area contributed by atoms with E-state index in [0.29, 0.717) is 0 Å². The molecule has 0 spiro atoms. The molecule has 1 aromatic heterocycles. The van der Waals surface area contributed by atoms with Crippen LogP contribution in [0, 0.1) is 5.82 Å². The van der Waals surface area contributed by atoms with Crippen LogP contribution in [-0.2, 0) is 4.74 Å². The summed E-state index contributed by atoms with van der Waals surface area (Å²) in [6.45, 7) is 3.10. The summed E-state index contributed by atoms with van der Waals surface area (Å²) < 4.78 is 24.7. The van der Waals surface area contributed by atoms with E-state index in [-0.39, 0.29) is 56.7 Å². The molecule has 0 saturated heterocycles. The summed E-state index contributed by atoms with van der Waals surface area (Å²) >= 11 is 17.5. The van der Waals surface area contributed by atoms with Crippen molar-refractivity contribution in [3.8, 4) is 17.0 Å². The second-order valence-electron chi connectivity index (χ2n) is 5.13. The summed E-state index contributed by atoms with van der Waals surface area (Å²) in [7, 11) is 1.29. The number of aromatic nitrogens is 1. The molecule has 5 nitrogen and oxygen atoms in total. The summed E-state index contributed by atoms with van der Waals surface area (Å²) in [4.78, 5) is 16.4. The Balaban J connectivity index is 2.45. The molecule has 0 fully saturated rings. The van der Waals surface area contributed by atoms with E-state index in [1.165, 1.54) is 25.3 Å². The molecule has 0 aliphatic heterocycles. The van der Waals surface area contributed by atoms with Gasteiger partial charge in [-0.3, -0.25) is 4.79 Å². The van der Waals surface area contributed by atoms with E-state index >= 15 is 0 Å². The van der Waals surface area contributed by atoms with Crippen molar-refractivity contribution < 1.29 is 18.7 Å². The van der Waals surface area contributed by atoms with Crippen molar-refractivity contribution in [2.24, 2.45) is 0 Å². The summed E-state index contributed by atoms with van der Waals surface area (Å²) in [5.41, 5.74) is 5.92. The van der Waals surface area contributed by atoms with E-state index in [1.807, 2.05) is 0 Å². The summed E-state index contributed by atoms with van der Waals surface area (Å²) in [6.07, 6.45) is 0. The van der Waals surface area contributed by atoms with Gasteiger partial charge in [0.15, 0.2) is 11.6 Å². The van der Waals surface area contributed by atoms with Crippen molar-refractivity contribution in [1.82, 2.24) is 4.98 Å². The fourth-order valence-electron chi connectivity index (χ4n) is 2.11. The highest BCUT2D eigenvalue weighted by molar-refractivity contribution is 6.36. The average molecular weight is 420 g/mol. The predicted molar refractivity (Wildman–Crippen MR) is 101 cm³/mol. The highest BCUT2D eigenvalue weighted by atomic mass is 35.5. The largest absolute Gasteiger partial charge is 0.492 e. The minimum atomic E-state index is -0.734. The van der Waals surface area contributed by atoms with Gasteiger partial charge in [-0.05, 0) is 18.2 Å². The molecule has 0 atom stereocenters. The van der Waals surface area contributed by atoms with Gasteiger partial charge in [0, 0.05) is 10.6 Å². The number of nitrogen functional groups attached to an aromatic ring is 1. The van der Waals surface area contributed by atoms with Gasteiger partial charge in [-0.15, -0.1) is 0 Å². The van der Waals surface area contributed by atoms with E-state index in [0.717, 1.165) is 0 Å². The zero-order chi connectivity index (χ0) is 19.4. The number of Topliss-reactive ketones (excluding diaryl/α,β-unsaturated/α-hetero) is 1. The van der Waals surface area contributed by atoms with Gasteiger partial charge in [-0.25, -0.2) is 9.37 Å². The molecule has 2 N–H and O–H groups in total. The molecule has 0 amide bonds. The van der Waals surface area contributed by atoms with Gasteiger partial charge in [0.05, 0.1) is 35.1 Å². The maximum absolute atomic E-state index is 14.6. The van der Waals surface area contributed by atoms with Crippen LogP contribution in [0.1, 0.15) is 10.5 Å². The van der Waals surface area contributed by atoms with Gasteiger partial charge >= 0.3 is 0 Å². The zero-order valence-electron chi connectivity index (χ0n) is 13.6. The van der Waals surface area contributed by atoms with Crippen molar-refractivity contribution in [2.45, 2.75) is 0 Å². The van der Waals surface area contributed by atoms with E-state index in [2.05, 4.69) is 11.6 Å². The first-order valence-corrected chi connectivity index (χ1v) is 8.32. The molecule has 0 bridgehead atoms. The Bertz CT molecular complexity index is 875. The number of hydrogen-bond acceptors (Lipinski definition) is 5. The molecule has 2 rings (SSSR count). The van der Waals surface area contributed by atoms with Crippen LogP contribution in [0.5, 0.6) is 5.75 Å². The number of benzene rings is 1. The maximum atomic E-state index is 14.6. The van der Waals surface area contributed by atoms with Gasteiger partial charge in [0.1, 0.15) is 12.3 Å². The third kappa shape index (κ3) is 4.45. The van der Waals surface area contributed by atoms with Crippen molar-refractivity contribution in [3.63, 3.8) is 0 Å². The van der Waals surface area contributed by atoms with Crippen molar-refractivity contribution in [1.29, 1.82) is 0 Å². The second kappa shape index (κ2) is 8.68. The lowest BCUT2D eigenvalue weighted by Crippen LogP contribution is -2.14. The lowest BCUT2D eigenvalue weighted by molar-refractivity contribution is 0.0798. The van der Waals surface area contributed by atoms with Crippen molar-refractivity contribution >= 4 is 46.3 Å². The quantitative estimate of drug-likeness (QED) is 0.656. The second-order valence-corrected chi connectivity index (χ2v) is 6.45. The SMILES string of the molecule is C=C(Cl)COCC(=O)c1nc(-c2ccc(Cl)c(OC)c2F)cc(N)c1Cl. The fraction of sp³-hybridized carbons (Fsp3) is 0.176. The number of ether oxygens (including phenoxy) is 2. The molecule has 1 aromatic carbocycles. The Morgan fingerprint density at radius 3 is 2.65 bits per heavy atom. The molecular weight excluding hydrogens is 406 g/mol. The third-order valence-corrected chi connectivity index (χ3v) is 4.07. The molecule has 26 heavy (non-hydrogen) atoms. The summed E-state index contributed by atoms with van der Waals surface area (Å²) in [5.74, 6) is -1.42. The number of hydrogen-bond donors (Lipinski definition) is 1. The number of ketones is 1. The number of pyridine rings is 1. The van der Waals surface area contributed by atoms with Crippen molar-refractivity contribution in [2.75, 3.05) is 26.1 Å². The Morgan fingerprint density at radius 1 is 1.35 bits per heavy atom. The highest BCUT2D eigenvalue weighted by Gasteiger charge is 2.21. The fourth-order valence-corrected chi connectivity index (χ4v) is 2.61. The predicted octanol–water partition coefficient (Wildman–Crippen LogP) is 4.74. The minimum Gasteiger partial charge on any atom is -0.492 e. The molecule has 2 aromatic rings. The van der Waals surface area contributed by atoms with Crippen LogP contribution < -0.4 is 10.5 Å². The Kier molecular flexibility index (Phi) is 6.83. The smallest absolute Gasteiger partial charge is 0.208 e. The number of carbonyl (C=O) groups excluding carboxylic acids is 1. The van der Waals surface area contributed by atoms with Crippen LogP contribution in [0.2, 0.25) is 10.0 Å². The minimum absolute atomic E-state index is 0.0108. The number of anilines is 1. The van der Waals surface area contributed by atoms with Gasteiger partial charge in [0.2, 0.25) is 5.78 Å². The summed E-state index contributed by atoms with van der Waals surface area (Å²) in [6, 6.07) is 4.20. The molecule has 0 saturated carbocycles. The normalized spacial score (nSPS) is 10.7. The van der Waals surface area contributed by atoms with Gasteiger partial charge in [-0.2, -0.15) is 0 Å². The van der Waals surface area contributed by atoms with Gasteiger partial charge in [-0.1, -0.05) is 41.4 Å². The number of methoxy groups -OCH3 is 1. The Morgan fingerprint density at radius 2 is 2.04 bits per heavy atom. The Hall–Kier alpha value is -1.86. The third-order valence-electron chi connectivity index (χ3n) is 3.27. The van der Waals surface area contributed by atoms with Crippen LogP contribution in [0.25, 0.3) is 11.3 Å². The molecule has 0 aliphatic rings. The standard InChI is InChI=1S/C17H14Cl3FN2O3/c1-8(18)6-26-7-13(24)16-14(20)11(22)5-12(23-16)9-3-4-10(19)17(25-2)15(9)21/h3-5H,1,6-7H2,2H3,(H2,22,23). The number of halogens is 4. The topological polar surface area (TPSA) is 74.4 Å². The first kappa shape index (κ1) is 20.5.